The number of sulfonamides is 1. The van der Waals surface area contributed by atoms with Gasteiger partial charge in [-0.25, -0.2) is 13.6 Å². The van der Waals surface area contributed by atoms with Gasteiger partial charge in [0.25, 0.3) is 0 Å². The van der Waals surface area contributed by atoms with Gasteiger partial charge in [-0.2, -0.15) is 0 Å². The Labute approximate surface area is 88.6 Å². The van der Waals surface area contributed by atoms with Crippen molar-refractivity contribution in [2.75, 3.05) is 0 Å². The highest BCUT2D eigenvalue weighted by Crippen LogP contribution is 2.38. The molecule has 0 rings (SSSR count). The fraction of sp³-hybridized carbons (Fsp3) is 1.00. The molecule has 0 heterocycles. The van der Waals surface area contributed by atoms with Crippen LogP contribution in [-0.2, 0) is 10.0 Å². The maximum atomic E-state index is 10.4. The average Bonchev–Trinajstić information content (AvgIpc) is 1.25. The number of hydrogen-bond donors (Lipinski definition) is 1. The van der Waals surface area contributed by atoms with Crippen molar-refractivity contribution in [3.05, 3.63) is 0 Å². The lowest BCUT2D eigenvalue weighted by Crippen LogP contribution is -2.25. The number of primary sulfonamides is 1. The van der Waals surface area contributed by atoms with Crippen LogP contribution in [0.25, 0.3) is 0 Å². The average molecular weight is 473 g/mol. The van der Waals surface area contributed by atoms with Gasteiger partial charge in [0, 0.05) is 0 Å². The molecule has 0 unspecified atom stereocenters. The fourth-order valence-corrected chi connectivity index (χ4v) is 0. The highest BCUT2D eigenvalue weighted by molar-refractivity contribution is 14.3. The van der Waals surface area contributed by atoms with Crippen LogP contribution >= 0.6 is 67.8 Å². The first-order valence-corrected chi connectivity index (χ1v) is 6.12. The van der Waals surface area contributed by atoms with Crippen LogP contribution in [0.5, 0.6) is 0 Å². The SMILES string of the molecule is NS(=O)(=O)C(I)(I)I. The minimum Gasteiger partial charge on any atom is -0.226 e. The second kappa shape index (κ2) is 3.00. The minimum atomic E-state index is -3.38. The summed E-state index contributed by atoms with van der Waals surface area (Å²) in [5, 5.41) is 4.76. The van der Waals surface area contributed by atoms with E-state index in [9.17, 15) is 8.42 Å². The molecular formula is CH2I3NO2S. The first-order chi connectivity index (χ1) is 3.25. The second-order valence-electron chi connectivity index (χ2n) is 0.991. The Morgan fingerprint density at radius 2 is 1.38 bits per heavy atom. The van der Waals surface area contributed by atoms with Gasteiger partial charge in [-0.3, -0.25) is 0 Å². The molecule has 0 radical (unpaired) electrons. The van der Waals surface area contributed by atoms with Crippen molar-refractivity contribution in [2.45, 2.75) is -1.23 Å². The molecule has 2 N–H and O–H groups in total. The van der Waals surface area contributed by atoms with E-state index in [0.29, 0.717) is 0 Å². The van der Waals surface area contributed by atoms with Crippen LogP contribution in [0.3, 0.4) is 0 Å². The summed E-state index contributed by atoms with van der Waals surface area (Å²) in [6.45, 7) is 0. The van der Waals surface area contributed by atoms with E-state index in [-0.39, 0.29) is 0 Å². The lowest BCUT2D eigenvalue weighted by atomic mass is 11.9. The van der Waals surface area contributed by atoms with Crippen LogP contribution in [0, 0.1) is 0 Å². The zero-order chi connectivity index (χ0) is 7.00. The van der Waals surface area contributed by atoms with E-state index in [1.165, 1.54) is 0 Å². The number of rotatable bonds is 1. The molecule has 0 aliphatic heterocycles. The Morgan fingerprint density at radius 3 is 1.38 bits per heavy atom. The molecule has 0 saturated carbocycles. The highest BCUT2D eigenvalue weighted by atomic mass is 127. The van der Waals surface area contributed by atoms with Crippen molar-refractivity contribution in [1.29, 1.82) is 0 Å². The molecule has 0 saturated heterocycles. The Hall–Kier alpha value is 2.10. The van der Waals surface area contributed by atoms with Crippen molar-refractivity contribution in [3.63, 3.8) is 0 Å². The van der Waals surface area contributed by atoms with Gasteiger partial charge < -0.3 is 0 Å². The van der Waals surface area contributed by atoms with E-state index < -0.39 is 8.79 Å². The topological polar surface area (TPSA) is 60.2 Å². The number of hydrogen-bond acceptors (Lipinski definition) is 2. The maximum absolute atomic E-state index is 10.4. The van der Waals surface area contributed by atoms with Crippen molar-refractivity contribution >= 4 is 77.8 Å². The first-order valence-electron chi connectivity index (χ1n) is 1.34. The third-order valence-electron chi connectivity index (χ3n) is 0.323. The van der Waals surface area contributed by atoms with Crippen LogP contribution in [0.15, 0.2) is 0 Å². The molecular weight excluding hydrogens is 471 g/mol. The molecule has 0 atom stereocenters. The summed E-state index contributed by atoms with van der Waals surface area (Å²) >= 11 is 5.23. The standard InChI is InChI=1S/CH2I3NO2S/c2-1(3,4)8(5,6)7/h(H2,5,6,7). The van der Waals surface area contributed by atoms with E-state index in [1.54, 1.807) is 67.8 Å². The first kappa shape index (κ1) is 10.1. The van der Waals surface area contributed by atoms with Crippen molar-refractivity contribution in [2.24, 2.45) is 5.14 Å². The third kappa shape index (κ3) is 3.31. The monoisotopic (exact) mass is 473 g/mol. The van der Waals surface area contributed by atoms with Gasteiger partial charge in [-0.05, 0) is 67.8 Å². The summed E-state index contributed by atoms with van der Waals surface area (Å²) in [4.78, 5) is 0. The number of nitrogens with two attached hydrogens (primary N) is 1. The fourth-order valence-electron chi connectivity index (χ4n) is 0. The van der Waals surface area contributed by atoms with Gasteiger partial charge in [-0.15, -0.1) is 0 Å². The van der Waals surface area contributed by atoms with Crippen LogP contribution in [0.2, 0.25) is 0 Å². The molecule has 8 heavy (non-hydrogen) atoms. The van der Waals surface area contributed by atoms with Gasteiger partial charge in [0.05, 0.1) is 0 Å². The van der Waals surface area contributed by atoms with Gasteiger partial charge in [0.15, 0.2) is 0 Å². The molecule has 0 fully saturated rings. The van der Waals surface area contributed by atoms with E-state index in [2.05, 4.69) is 0 Å². The molecule has 50 valence electrons. The van der Waals surface area contributed by atoms with Gasteiger partial charge in [-0.1, -0.05) is 0 Å². The summed E-state index contributed by atoms with van der Waals surface area (Å²) in [6.07, 6.45) is 0. The molecule has 0 spiro atoms. The molecule has 0 bridgehead atoms. The summed E-state index contributed by atoms with van der Waals surface area (Å²) < 4.78 is 19.9. The Balaban J connectivity index is 4.53. The predicted molar refractivity (Wildman–Crippen MR) is 57.9 cm³/mol. The van der Waals surface area contributed by atoms with Gasteiger partial charge in [0.2, 0.25) is 8.79 Å². The largest absolute Gasteiger partial charge is 0.242 e. The summed E-state index contributed by atoms with van der Waals surface area (Å²) in [7, 11) is -3.38. The Kier molecular flexibility index (Phi) is 3.79. The van der Waals surface area contributed by atoms with Gasteiger partial charge in [0.1, 0.15) is 0 Å². The van der Waals surface area contributed by atoms with E-state index in [1.807, 2.05) is 0 Å². The normalized spacial score (nSPS) is 14.0. The molecule has 0 aliphatic carbocycles. The van der Waals surface area contributed by atoms with Crippen LogP contribution in [0.1, 0.15) is 0 Å². The zero-order valence-electron chi connectivity index (χ0n) is 3.44. The molecule has 0 aromatic rings. The van der Waals surface area contributed by atoms with E-state index in [0.717, 1.165) is 0 Å². The van der Waals surface area contributed by atoms with Crippen molar-refractivity contribution in [3.8, 4) is 0 Å². The molecule has 7 heteroatoms. The summed E-state index contributed by atoms with van der Waals surface area (Å²) in [5.74, 6) is 0. The quantitative estimate of drug-likeness (QED) is 0.460. The number of alkyl halides is 3. The van der Waals surface area contributed by atoms with E-state index in [4.69, 9.17) is 5.14 Å². The Bertz CT molecular complexity index is 166. The molecule has 0 aliphatic rings. The molecule has 0 aromatic carbocycles. The lowest BCUT2D eigenvalue weighted by molar-refractivity contribution is 0.602. The van der Waals surface area contributed by atoms with Gasteiger partial charge >= 0.3 is 0 Å². The number of halogens is 3. The predicted octanol–water partition coefficient (Wildman–Crippen LogP) is 1.19. The minimum absolute atomic E-state index is 0.902. The maximum Gasteiger partial charge on any atom is 0.242 e. The summed E-state index contributed by atoms with van der Waals surface area (Å²) in [6, 6.07) is 0. The molecule has 3 nitrogen and oxygen atoms in total. The van der Waals surface area contributed by atoms with Crippen LogP contribution in [0.4, 0.5) is 0 Å². The second-order valence-corrected chi connectivity index (χ2v) is 15.9. The highest BCUT2D eigenvalue weighted by Gasteiger charge is 2.31. The van der Waals surface area contributed by atoms with Crippen molar-refractivity contribution < 1.29 is 8.42 Å². The Morgan fingerprint density at radius 1 is 1.25 bits per heavy atom. The van der Waals surface area contributed by atoms with Crippen LogP contribution < -0.4 is 5.14 Å². The third-order valence-corrected chi connectivity index (χ3v) is 6.49. The lowest BCUT2D eigenvalue weighted by Gasteiger charge is -2.06. The van der Waals surface area contributed by atoms with Crippen LogP contribution in [-0.4, -0.2) is 7.19 Å². The zero-order valence-corrected chi connectivity index (χ0v) is 10.7. The summed E-state index contributed by atoms with van der Waals surface area (Å²) in [5.41, 5.74) is 0. The smallest absolute Gasteiger partial charge is 0.226 e. The molecule has 0 amide bonds. The van der Waals surface area contributed by atoms with Crippen molar-refractivity contribution in [1.82, 2.24) is 0 Å². The molecule has 0 aromatic heterocycles. The van der Waals surface area contributed by atoms with E-state index >= 15 is 0 Å².